The number of nitrogens with one attached hydrogen (secondary N) is 2. The van der Waals surface area contributed by atoms with Crippen LogP contribution in [-0.2, 0) is 16.0 Å². The van der Waals surface area contributed by atoms with Crippen LogP contribution in [0.5, 0.6) is 0 Å². The molecule has 1 aromatic rings. The fourth-order valence-corrected chi connectivity index (χ4v) is 1.84. The summed E-state index contributed by atoms with van der Waals surface area (Å²) in [5.74, 6) is 0.0156. The quantitative estimate of drug-likeness (QED) is 0.695. The lowest BCUT2D eigenvalue weighted by atomic mass is 10.1. The zero-order valence-corrected chi connectivity index (χ0v) is 12.0. The van der Waals surface area contributed by atoms with Gasteiger partial charge in [0.1, 0.15) is 0 Å². The molecule has 1 atom stereocenters. The van der Waals surface area contributed by atoms with Gasteiger partial charge in [-0.15, -0.1) is 0 Å². The van der Waals surface area contributed by atoms with E-state index in [1.165, 1.54) is 11.1 Å². The molecule has 4 nitrogen and oxygen atoms in total. The van der Waals surface area contributed by atoms with Crippen molar-refractivity contribution >= 4 is 5.91 Å². The number of carbonyl (C=O) groups is 1. The lowest BCUT2D eigenvalue weighted by Crippen LogP contribution is -2.43. The molecule has 0 aliphatic rings. The second kappa shape index (κ2) is 8.67. The van der Waals surface area contributed by atoms with Gasteiger partial charge in [-0.3, -0.25) is 4.79 Å². The monoisotopic (exact) mass is 264 g/mol. The molecular formula is C15H24N2O2. The number of amides is 1. The predicted octanol–water partition coefficient (Wildman–Crippen LogP) is 1.28. The first-order chi connectivity index (χ1) is 9.15. The average molecular weight is 264 g/mol. The lowest BCUT2D eigenvalue weighted by Gasteiger charge is -2.14. The van der Waals surface area contributed by atoms with Crippen LogP contribution in [0.4, 0.5) is 0 Å². The van der Waals surface area contributed by atoms with Crippen LogP contribution in [0.2, 0.25) is 0 Å². The minimum absolute atomic E-state index is 0.0156. The second-order valence-electron chi connectivity index (χ2n) is 4.64. The first-order valence-electron chi connectivity index (χ1n) is 6.69. The zero-order valence-electron chi connectivity index (χ0n) is 12.0. The van der Waals surface area contributed by atoms with Crippen LogP contribution in [0, 0.1) is 6.92 Å². The van der Waals surface area contributed by atoms with E-state index in [4.69, 9.17) is 4.74 Å². The normalized spacial score (nSPS) is 12.2. The fourth-order valence-electron chi connectivity index (χ4n) is 1.84. The number of benzene rings is 1. The van der Waals surface area contributed by atoms with Crippen LogP contribution in [0.1, 0.15) is 18.1 Å². The fraction of sp³-hybridized carbons (Fsp3) is 0.533. The van der Waals surface area contributed by atoms with Gasteiger partial charge in [-0.1, -0.05) is 24.3 Å². The predicted molar refractivity (Wildman–Crippen MR) is 77.2 cm³/mol. The van der Waals surface area contributed by atoms with Crippen molar-refractivity contribution in [2.45, 2.75) is 26.3 Å². The number of hydrogen-bond donors (Lipinski definition) is 2. The molecule has 1 amide bonds. The summed E-state index contributed by atoms with van der Waals surface area (Å²) in [5.41, 5.74) is 2.61. The van der Waals surface area contributed by atoms with Gasteiger partial charge in [0.2, 0.25) is 5.91 Å². The molecule has 0 saturated carbocycles. The van der Waals surface area contributed by atoms with Gasteiger partial charge in [0, 0.05) is 13.7 Å². The van der Waals surface area contributed by atoms with Crippen LogP contribution in [0.25, 0.3) is 0 Å². The van der Waals surface area contributed by atoms with Gasteiger partial charge < -0.3 is 15.4 Å². The number of hydrogen-bond acceptors (Lipinski definition) is 3. The summed E-state index contributed by atoms with van der Waals surface area (Å²) in [6, 6.07) is 8.14. The highest BCUT2D eigenvalue weighted by Gasteiger charge is 2.10. The third kappa shape index (κ3) is 5.85. The van der Waals surface area contributed by atoms with Gasteiger partial charge in [-0.2, -0.15) is 0 Å². The number of rotatable bonds is 8. The molecule has 0 fully saturated rings. The molecule has 4 heteroatoms. The standard InChI is InChI=1S/C15H24N2O2/c1-12-6-4-5-7-14(12)8-9-16-13(2)15(18)17-10-11-19-3/h4-7,13,16H,8-11H2,1-3H3,(H,17,18). The van der Waals surface area contributed by atoms with E-state index in [0.29, 0.717) is 13.2 Å². The van der Waals surface area contributed by atoms with E-state index in [-0.39, 0.29) is 11.9 Å². The maximum absolute atomic E-state index is 11.7. The Morgan fingerprint density at radius 1 is 1.32 bits per heavy atom. The first-order valence-corrected chi connectivity index (χ1v) is 6.69. The van der Waals surface area contributed by atoms with E-state index in [0.717, 1.165) is 13.0 Å². The summed E-state index contributed by atoms with van der Waals surface area (Å²) in [6.45, 7) is 5.88. The summed E-state index contributed by atoms with van der Waals surface area (Å²) in [7, 11) is 1.62. The maximum Gasteiger partial charge on any atom is 0.236 e. The van der Waals surface area contributed by atoms with Gasteiger partial charge in [-0.05, 0) is 37.9 Å². The molecule has 0 aromatic heterocycles. The maximum atomic E-state index is 11.7. The minimum atomic E-state index is -0.180. The van der Waals surface area contributed by atoms with Crippen molar-refractivity contribution in [3.8, 4) is 0 Å². The average Bonchev–Trinajstić information content (AvgIpc) is 2.41. The Hall–Kier alpha value is -1.39. The summed E-state index contributed by atoms with van der Waals surface area (Å²) in [6.07, 6.45) is 0.933. The number of ether oxygens (including phenoxy) is 1. The van der Waals surface area contributed by atoms with E-state index in [2.05, 4.69) is 29.7 Å². The van der Waals surface area contributed by atoms with Crippen LogP contribution < -0.4 is 10.6 Å². The summed E-state index contributed by atoms with van der Waals surface area (Å²) < 4.78 is 4.89. The molecule has 0 aliphatic heterocycles. The van der Waals surface area contributed by atoms with Gasteiger partial charge in [0.05, 0.1) is 12.6 Å². The zero-order chi connectivity index (χ0) is 14.1. The van der Waals surface area contributed by atoms with Crippen molar-refractivity contribution in [1.29, 1.82) is 0 Å². The van der Waals surface area contributed by atoms with Crippen LogP contribution in [-0.4, -0.2) is 38.8 Å². The van der Waals surface area contributed by atoms with E-state index in [1.807, 2.05) is 19.1 Å². The second-order valence-corrected chi connectivity index (χ2v) is 4.64. The summed E-state index contributed by atoms with van der Waals surface area (Å²) >= 11 is 0. The van der Waals surface area contributed by atoms with Crippen LogP contribution >= 0.6 is 0 Å². The molecule has 0 heterocycles. The molecule has 1 rings (SSSR count). The van der Waals surface area contributed by atoms with Gasteiger partial charge in [0.15, 0.2) is 0 Å². The van der Waals surface area contributed by atoms with Crippen molar-refractivity contribution < 1.29 is 9.53 Å². The molecule has 1 aromatic carbocycles. The van der Waals surface area contributed by atoms with E-state index < -0.39 is 0 Å². The first kappa shape index (κ1) is 15.7. The molecule has 1 unspecified atom stereocenters. The molecule has 19 heavy (non-hydrogen) atoms. The summed E-state index contributed by atoms with van der Waals surface area (Å²) in [4.78, 5) is 11.7. The van der Waals surface area contributed by atoms with Crippen molar-refractivity contribution in [2.24, 2.45) is 0 Å². The molecule has 106 valence electrons. The Morgan fingerprint density at radius 3 is 2.74 bits per heavy atom. The highest BCUT2D eigenvalue weighted by molar-refractivity contribution is 5.81. The molecule has 0 radical (unpaired) electrons. The number of methoxy groups -OCH3 is 1. The highest BCUT2D eigenvalue weighted by Crippen LogP contribution is 2.06. The van der Waals surface area contributed by atoms with Crippen molar-refractivity contribution in [3.63, 3.8) is 0 Å². The number of carbonyl (C=O) groups excluding carboxylic acids is 1. The highest BCUT2D eigenvalue weighted by atomic mass is 16.5. The molecular weight excluding hydrogens is 240 g/mol. The van der Waals surface area contributed by atoms with E-state index >= 15 is 0 Å². The third-order valence-electron chi connectivity index (χ3n) is 3.10. The van der Waals surface area contributed by atoms with Crippen molar-refractivity contribution in [1.82, 2.24) is 10.6 Å². The largest absolute Gasteiger partial charge is 0.383 e. The minimum Gasteiger partial charge on any atom is -0.383 e. The topological polar surface area (TPSA) is 50.4 Å². The molecule has 0 aliphatic carbocycles. The van der Waals surface area contributed by atoms with Crippen LogP contribution in [0.3, 0.4) is 0 Å². The van der Waals surface area contributed by atoms with Crippen molar-refractivity contribution in [3.05, 3.63) is 35.4 Å². The SMILES string of the molecule is COCCNC(=O)C(C)NCCc1ccccc1C. The van der Waals surface area contributed by atoms with Gasteiger partial charge in [-0.25, -0.2) is 0 Å². The van der Waals surface area contributed by atoms with E-state index in [9.17, 15) is 4.79 Å². The Morgan fingerprint density at radius 2 is 2.05 bits per heavy atom. The lowest BCUT2D eigenvalue weighted by molar-refractivity contribution is -0.122. The van der Waals surface area contributed by atoms with Gasteiger partial charge in [0.25, 0.3) is 0 Å². The van der Waals surface area contributed by atoms with Crippen molar-refractivity contribution in [2.75, 3.05) is 26.8 Å². The Labute approximate surface area is 115 Å². The Balaban J connectivity index is 2.25. The molecule has 2 N–H and O–H groups in total. The smallest absolute Gasteiger partial charge is 0.236 e. The number of aryl methyl sites for hydroxylation is 1. The van der Waals surface area contributed by atoms with Crippen LogP contribution in [0.15, 0.2) is 24.3 Å². The third-order valence-corrected chi connectivity index (χ3v) is 3.10. The molecule has 0 bridgehead atoms. The van der Waals surface area contributed by atoms with Gasteiger partial charge >= 0.3 is 0 Å². The Kier molecular flexibility index (Phi) is 7.15. The van der Waals surface area contributed by atoms with E-state index in [1.54, 1.807) is 7.11 Å². The Bertz CT molecular complexity index is 393. The molecule has 0 spiro atoms. The molecule has 0 saturated heterocycles. The summed E-state index contributed by atoms with van der Waals surface area (Å²) in [5, 5.41) is 6.05.